The minimum absolute atomic E-state index is 0.0612. The summed E-state index contributed by atoms with van der Waals surface area (Å²) in [7, 11) is 0. The predicted molar refractivity (Wildman–Crippen MR) is 138 cm³/mol. The van der Waals surface area contributed by atoms with Gasteiger partial charge in [0, 0.05) is 32.5 Å². The Bertz CT molecular complexity index is 743. The predicted octanol–water partition coefficient (Wildman–Crippen LogP) is -2.22. The standard InChI is InChI=1S/C26H48N2O11/c1-3-27-19(30)10-4-5-11-20(31)28(12-6-8-16-22(33)25(36)21(32)15(2)38-16)13-7-9-17-23(34)26(37)24(35)18(14-29)39-17/h15-18,21-26,29,32-37H,3-14H2,1-2H3,(H,27,30)/t15-,16-,17+,18+,21+,22+,23-,24+,25+,26+/m0/s1. The Hall–Kier alpha value is -1.42. The van der Waals surface area contributed by atoms with E-state index in [4.69, 9.17) is 9.47 Å². The van der Waals surface area contributed by atoms with Crippen molar-refractivity contribution in [1.82, 2.24) is 10.2 Å². The Morgan fingerprint density at radius 1 is 0.718 bits per heavy atom. The molecule has 2 aliphatic rings. The number of amides is 2. The van der Waals surface area contributed by atoms with Crippen LogP contribution >= 0.6 is 0 Å². The van der Waals surface area contributed by atoms with Crippen LogP contribution in [0.2, 0.25) is 0 Å². The zero-order chi connectivity index (χ0) is 29.1. The molecule has 0 aromatic rings. The number of aliphatic hydroxyl groups is 7. The van der Waals surface area contributed by atoms with Crippen LogP contribution in [0.15, 0.2) is 0 Å². The van der Waals surface area contributed by atoms with Gasteiger partial charge in [0.1, 0.15) is 42.7 Å². The van der Waals surface area contributed by atoms with Gasteiger partial charge in [0.05, 0.1) is 24.9 Å². The molecule has 0 radical (unpaired) electrons. The molecular weight excluding hydrogens is 516 g/mol. The van der Waals surface area contributed by atoms with Gasteiger partial charge in [-0.1, -0.05) is 0 Å². The number of hydrogen-bond acceptors (Lipinski definition) is 11. The van der Waals surface area contributed by atoms with Crippen LogP contribution in [0.4, 0.5) is 0 Å². The Labute approximate surface area is 229 Å². The largest absolute Gasteiger partial charge is 0.394 e. The van der Waals surface area contributed by atoms with Crippen molar-refractivity contribution in [2.75, 3.05) is 26.2 Å². The van der Waals surface area contributed by atoms with Crippen LogP contribution in [0.3, 0.4) is 0 Å². The fraction of sp³-hybridized carbons (Fsp3) is 0.923. The number of rotatable bonds is 15. The summed E-state index contributed by atoms with van der Waals surface area (Å²) in [6.07, 6.45) is -7.96. The number of nitrogens with one attached hydrogen (secondary N) is 1. The Kier molecular flexibility index (Phi) is 14.5. The molecule has 2 aliphatic heterocycles. The first kappa shape index (κ1) is 33.8. The van der Waals surface area contributed by atoms with Crippen molar-refractivity contribution < 1.29 is 54.8 Å². The van der Waals surface area contributed by atoms with Crippen molar-refractivity contribution >= 4 is 11.8 Å². The van der Waals surface area contributed by atoms with Gasteiger partial charge in [-0.05, 0) is 52.4 Å². The molecule has 10 atom stereocenters. The van der Waals surface area contributed by atoms with E-state index in [1.807, 2.05) is 6.92 Å². The van der Waals surface area contributed by atoms with Gasteiger partial charge in [-0.2, -0.15) is 0 Å². The lowest BCUT2D eigenvalue weighted by molar-refractivity contribution is -0.230. The minimum atomic E-state index is -1.46. The van der Waals surface area contributed by atoms with E-state index < -0.39 is 67.6 Å². The van der Waals surface area contributed by atoms with Gasteiger partial charge < -0.3 is 55.4 Å². The lowest BCUT2D eigenvalue weighted by Crippen LogP contribution is -2.58. The van der Waals surface area contributed by atoms with Crippen molar-refractivity contribution in [3.05, 3.63) is 0 Å². The van der Waals surface area contributed by atoms with Gasteiger partial charge in [0.25, 0.3) is 0 Å². The zero-order valence-corrected chi connectivity index (χ0v) is 23.0. The summed E-state index contributed by atoms with van der Waals surface area (Å²) in [5.41, 5.74) is 0. The highest BCUT2D eigenvalue weighted by atomic mass is 16.5. The lowest BCUT2D eigenvalue weighted by atomic mass is 9.92. The molecular formula is C26H48N2O11. The maximum atomic E-state index is 13.0. The van der Waals surface area contributed by atoms with Crippen LogP contribution in [0, 0.1) is 0 Å². The van der Waals surface area contributed by atoms with Crippen LogP contribution in [0.5, 0.6) is 0 Å². The van der Waals surface area contributed by atoms with Crippen molar-refractivity contribution in [3.8, 4) is 0 Å². The summed E-state index contributed by atoms with van der Waals surface area (Å²) in [5, 5.41) is 72.6. The highest BCUT2D eigenvalue weighted by Gasteiger charge is 2.43. The first-order chi connectivity index (χ1) is 18.5. The number of nitrogens with zero attached hydrogens (tertiary/aromatic N) is 1. The topological polar surface area (TPSA) is 209 Å². The molecule has 39 heavy (non-hydrogen) atoms. The van der Waals surface area contributed by atoms with E-state index in [1.165, 1.54) is 0 Å². The Balaban J connectivity index is 1.91. The van der Waals surface area contributed by atoms with Crippen molar-refractivity contribution in [1.29, 1.82) is 0 Å². The molecule has 8 N–H and O–H groups in total. The molecule has 0 aliphatic carbocycles. The summed E-state index contributed by atoms with van der Waals surface area (Å²) in [6.45, 7) is 4.14. The smallest absolute Gasteiger partial charge is 0.222 e. The van der Waals surface area contributed by atoms with Gasteiger partial charge in [0.15, 0.2) is 0 Å². The van der Waals surface area contributed by atoms with Crippen LogP contribution in [0.25, 0.3) is 0 Å². The molecule has 2 amide bonds. The number of carbonyl (C=O) groups excluding carboxylic acids is 2. The van der Waals surface area contributed by atoms with E-state index in [-0.39, 0.29) is 24.7 Å². The van der Waals surface area contributed by atoms with Crippen LogP contribution in [0.1, 0.15) is 65.2 Å². The molecule has 2 rings (SSSR count). The third-order valence-corrected chi connectivity index (χ3v) is 7.55. The summed E-state index contributed by atoms with van der Waals surface area (Å²) >= 11 is 0. The van der Waals surface area contributed by atoms with Gasteiger partial charge >= 0.3 is 0 Å². The van der Waals surface area contributed by atoms with Crippen LogP contribution in [-0.2, 0) is 19.1 Å². The second kappa shape index (κ2) is 16.7. The highest BCUT2D eigenvalue weighted by Crippen LogP contribution is 2.26. The fourth-order valence-electron chi connectivity index (χ4n) is 5.13. The van der Waals surface area contributed by atoms with Crippen LogP contribution in [-0.4, -0.2) is 140 Å². The Morgan fingerprint density at radius 3 is 1.79 bits per heavy atom. The molecule has 13 nitrogen and oxygen atoms in total. The second-order valence-electron chi connectivity index (χ2n) is 10.5. The zero-order valence-electron chi connectivity index (χ0n) is 23.0. The van der Waals surface area contributed by atoms with Crippen molar-refractivity contribution in [2.45, 2.75) is 126 Å². The lowest BCUT2D eigenvalue weighted by Gasteiger charge is -2.40. The monoisotopic (exact) mass is 564 g/mol. The first-order valence-corrected chi connectivity index (χ1v) is 14.1. The highest BCUT2D eigenvalue weighted by molar-refractivity contribution is 5.77. The maximum Gasteiger partial charge on any atom is 0.222 e. The van der Waals surface area contributed by atoms with Gasteiger partial charge in [-0.25, -0.2) is 0 Å². The molecule has 0 unspecified atom stereocenters. The van der Waals surface area contributed by atoms with E-state index in [0.29, 0.717) is 58.2 Å². The number of unbranched alkanes of at least 4 members (excludes halogenated alkanes) is 1. The SMILES string of the molecule is CCNC(=O)CCCCC(=O)N(CCC[C@@H]1O[C@@H](C)[C@@H](O)[C@@H](O)[C@@H]1O)CCC[C@H]1O[C@H](CO)[C@@H](O)[C@H](O)[C@H]1O. The average molecular weight is 565 g/mol. The third kappa shape index (κ3) is 9.87. The van der Waals surface area contributed by atoms with Gasteiger partial charge in [0.2, 0.25) is 11.8 Å². The minimum Gasteiger partial charge on any atom is -0.394 e. The van der Waals surface area contributed by atoms with E-state index in [0.717, 1.165) is 0 Å². The normalized spacial score (nSPS) is 35.0. The van der Waals surface area contributed by atoms with Crippen molar-refractivity contribution in [2.24, 2.45) is 0 Å². The molecule has 0 saturated carbocycles. The molecule has 0 spiro atoms. The second-order valence-corrected chi connectivity index (χ2v) is 10.5. The Morgan fingerprint density at radius 2 is 1.23 bits per heavy atom. The fourth-order valence-corrected chi connectivity index (χ4v) is 5.13. The molecule has 0 aromatic carbocycles. The molecule has 2 saturated heterocycles. The summed E-state index contributed by atoms with van der Waals surface area (Å²) in [5.74, 6) is -0.178. The first-order valence-electron chi connectivity index (χ1n) is 14.1. The average Bonchev–Trinajstić information content (AvgIpc) is 2.91. The third-order valence-electron chi connectivity index (χ3n) is 7.55. The summed E-state index contributed by atoms with van der Waals surface area (Å²) in [4.78, 5) is 26.3. The number of ether oxygens (including phenoxy) is 2. The quantitative estimate of drug-likeness (QED) is 0.0999. The molecule has 2 fully saturated rings. The van der Waals surface area contributed by atoms with Gasteiger partial charge in [-0.3, -0.25) is 9.59 Å². The molecule has 0 bridgehead atoms. The van der Waals surface area contributed by atoms with E-state index >= 15 is 0 Å². The number of aliphatic hydroxyl groups excluding tert-OH is 7. The van der Waals surface area contributed by atoms with Gasteiger partial charge in [-0.15, -0.1) is 0 Å². The van der Waals surface area contributed by atoms with E-state index in [9.17, 15) is 45.3 Å². The number of hydrogen-bond donors (Lipinski definition) is 8. The van der Waals surface area contributed by atoms with E-state index in [2.05, 4.69) is 5.32 Å². The molecule has 2 heterocycles. The van der Waals surface area contributed by atoms with Crippen molar-refractivity contribution in [3.63, 3.8) is 0 Å². The number of carbonyl (C=O) groups is 2. The molecule has 228 valence electrons. The summed E-state index contributed by atoms with van der Waals surface area (Å²) < 4.78 is 11.2. The van der Waals surface area contributed by atoms with E-state index in [1.54, 1.807) is 11.8 Å². The van der Waals surface area contributed by atoms with Crippen LogP contribution < -0.4 is 5.32 Å². The maximum absolute atomic E-state index is 13.0. The molecule has 0 aromatic heterocycles. The molecule has 13 heteroatoms. The summed E-state index contributed by atoms with van der Waals surface area (Å²) in [6, 6.07) is 0.